The second kappa shape index (κ2) is 4.53. The van der Waals surface area contributed by atoms with Crippen LogP contribution in [0.4, 0.5) is 0 Å². The van der Waals surface area contributed by atoms with Gasteiger partial charge in [-0.3, -0.25) is 0 Å². The molecule has 1 heteroatoms. The van der Waals surface area contributed by atoms with E-state index in [1.165, 1.54) is 22.4 Å². The summed E-state index contributed by atoms with van der Waals surface area (Å²) < 4.78 is 2.11. The number of hydrogen-bond acceptors (Lipinski definition) is 0. The molecule has 0 saturated heterocycles. The zero-order valence-corrected chi connectivity index (χ0v) is 10.4. The van der Waals surface area contributed by atoms with Crippen LogP contribution in [-0.2, 0) is 0 Å². The molecule has 0 saturated carbocycles. The van der Waals surface area contributed by atoms with E-state index in [2.05, 4.69) is 72.4 Å². The number of aromatic nitrogens is 1. The standard InChI is InChI=1S/C17H15N/c1-14-6-2-3-7-17(14)15-8-10-16(11-9-15)18-12-4-5-13-18/h2-13H,1H3. The van der Waals surface area contributed by atoms with Crippen LogP contribution in [-0.4, -0.2) is 4.57 Å². The van der Waals surface area contributed by atoms with Crippen molar-refractivity contribution in [2.24, 2.45) is 0 Å². The number of rotatable bonds is 2. The van der Waals surface area contributed by atoms with Crippen molar-refractivity contribution in [3.8, 4) is 16.8 Å². The second-order valence-corrected chi connectivity index (χ2v) is 4.45. The molecule has 0 atom stereocenters. The van der Waals surface area contributed by atoms with Crippen molar-refractivity contribution < 1.29 is 0 Å². The van der Waals surface area contributed by atoms with Gasteiger partial charge < -0.3 is 4.57 Å². The molecule has 1 aromatic heterocycles. The van der Waals surface area contributed by atoms with Crippen LogP contribution >= 0.6 is 0 Å². The lowest BCUT2D eigenvalue weighted by atomic mass is 10.0. The summed E-state index contributed by atoms with van der Waals surface area (Å²) in [6, 6.07) is 21.2. The molecule has 3 aromatic rings. The Hall–Kier alpha value is -2.28. The topological polar surface area (TPSA) is 4.93 Å². The molecule has 1 heterocycles. The highest BCUT2D eigenvalue weighted by Gasteiger charge is 2.01. The van der Waals surface area contributed by atoms with Crippen LogP contribution in [0.15, 0.2) is 73.1 Å². The predicted octanol–water partition coefficient (Wildman–Crippen LogP) is 4.45. The van der Waals surface area contributed by atoms with Crippen molar-refractivity contribution in [1.29, 1.82) is 0 Å². The molecule has 0 unspecified atom stereocenters. The van der Waals surface area contributed by atoms with E-state index in [0.29, 0.717) is 0 Å². The van der Waals surface area contributed by atoms with Gasteiger partial charge in [-0.05, 0) is 47.9 Å². The molecular formula is C17H15N. The maximum Gasteiger partial charge on any atom is 0.0449 e. The molecule has 0 bridgehead atoms. The SMILES string of the molecule is Cc1ccccc1-c1ccc(-n2cccc2)cc1. The van der Waals surface area contributed by atoms with Crippen molar-refractivity contribution in [3.05, 3.63) is 78.6 Å². The van der Waals surface area contributed by atoms with E-state index in [-0.39, 0.29) is 0 Å². The summed E-state index contributed by atoms with van der Waals surface area (Å²) >= 11 is 0. The molecule has 0 aliphatic carbocycles. The smallest absolute Gasteiger partial charge is 0.0449 e. The Morgan fingerprint density at radius 3 is 2.06 bits per heavy atom. The van der Waals surface area contributed by atoms with Crippen LogP contribution in [0.2, 0.25) is 0 Å². The highest BCUT2D eigenvalue weighted by Crippen LogP contribution is 2.24. The molecule has 0 amide bonds. The zero-order chi connectivity index (χ0) is 12.4. The minimum Gasteiger partial charge on any atom is -0.324 e. The fourth-order valence-corrected chi connectivity index (χ4v) is 2.22. The molecule has 0 aliphatic heterocycles. The van der Waals surface area contributed by atoms with Crippen LogP contribution < -0.4 is 0 Å². The molecule has 0 radical (unpaired) electrons. The highest BCUT2D eigenvalue weighted by molar-refractivity contribution is 5.68. The summed E-state index contributed by atoms with van der Waals surface area (Å²) in [5.41, 5.74) is 5.07. The van der Waals surface area contributed by atoms with Crippen molar-refractivity contribution in [1.82, 2.24) is 4.57 Å². The van der Waals surface area contributed by atoms with Crippen molar-refractivity contribution in [2.75, 3.05) is 0 Å². The monoisotopic (exact) mass is 233 g/mol. The lowest BCUT2D eigenvalue weighted by molar-refractivity contribution is 1.08. The Bertz CT molecular complexity index is 634. The van der Waals surface area contributed by atoms with Crippen LogP contribution in [0, 0.1) is 6.92 Å². The van der Waals surface area contributed by atoms with Crippen LogP contribution in [0.25, 0.3) is 16.8 Å². The second-order valence-electron chi connectivity index (χ2n) is 4.45. The minimum absolute atomic E-state index is 1.19. The van der Waals surface area contributed by atoms with E-state index in [9.17, 15) is 0 Å². The van der Waals surface area contributed by atoms with Gasteiger partial charge >= 0.3 is 0 Å². The summed E-state index contributed by atoms with van der Waals surface area (Å²) in [6.45, 7) is 2.15. The van der Waals surface area contributed by atoms with E-state index in [1.54, 1.807) is 0 Å². The van der Waals surface area contributed by atoms with E-state index in [1.807, 2.05) is 12.1 Å². The number of nitrogens with zero attached hydrogens (tertiary/aromatic N) is 1. The van der Waals surface area contributed by atoms with Crippen molar-refractivity contribution >= 4 is 0 Å². The Labute approximate surface area is 107 Å². The fourth-order valence-electron chi connectivity index (χ4n) is 2.22. The van der Waals surface area contributed by atoms with E-state index >= 15 is 0 Å². The molecule has 0 N–H and O–H groups in total. The van der Waals surface area contributed by atoms with Gasteiger partial charge in [0.2, 0.25) is 0 Å². The van der Waals surface area contributed by atoms with Crippen LogP contribution in [0.1, 0.15) is 5.56 Å². The van der Waals surface area contributed by atoms with Gasteiger partial charge in [0.05, 0.1) is 0 Å². The Morgan fingerprint density at radius 2 is 1.39 bits per heavy atom. The number of aryl methyl sites for hydroxylation is 1. The number of hydrogen-bond donors (Lipinski definition) is 0. The first kappa shape index (κ1) is 10.8. The predicted molar refractivity (Wildman–Crippen MR) is 75.9 cm³/mol. The summed E-state index contributed by atoms with van der Waals surface area (Å²) in [7, 11) is 0. The first-order chi connectivity index (χ1) is 8.84. The average molecular weight is 233 g/mol. The molecule has 0 fully saturated rings. The van der Waals surface area contributed by atoms with Gasteiger partial charge in [-0.2, -0.15) is 0 Å². The summed E-state index contributed by atoms with van der Waals surface area (Å²) in [5.74, 6) is 0. The molecular weight excluding hydrogens is 218 g/mol. The third-order valence-corrected chi connectivity index (χ3v) is 3.23. The summed E-state index contributed by atoms with van der Waals surface area (Å²) in [5, 5.41) is 0. The van der Waals surface area contributed by atoms with Crippen LogP contribution in [0.5, 0.6) is 0 Å². The first-order valence-electron chi connectivity index (χ1n) is 6.14. The van der Waals surface area contributed by atoms with E-state index in [4.69, 9.17) is 0 Å². The fraction of sp³-hybridized carbons (Fsp3) is 0.0588. The first-order valence-corrected chi connectivity index (χ1v) is 6.14. The molecule has 88 valence electrons. The molecule has 2 aromatic carbocycles. The van der Waals surface area contributed by atoms with E-state index < -0.39 is 0 Å². The van der Waals surface area contributed by atoms with Crippen molar-refractivity contribution in [2.45, 2.75) is 6.92 Å². The molecule has 0 spiro atoms. The number of benzene rings is 2. The quantitative estimate of drug-likeness (QED) is 0.616. The Kier molecular flexibility index (Phi) is 2.73. The van der Waals surface area contributed by atoms with Gasteiger partial charge in [-0.1, -0.05) is 36.4 Å². The molecule has 0 aliphatic rings. The lowest BCUT2D eigenvalue weighted by Crippen LogP contribution is -1.89. The van der Waals surface area contributed by atoms with Gasteiger partial charge in [0, 0.05) is 18.1 Å². The average Bonchev–Trinajstić information content (AvgIpc) is 2.94. The Balaban J connectivity index is 1.99. The Morgan fingerprint density at radius 1 is 0.722 bits per heavy atom. The molecule has 3 rings (SSSR count). The van der Waals surface area contributed by atoms with Gasteiger partial charge in [0.25, 0.3) is 0 Å². The van der Waals surface area contributed by atoms with Gasteiger partial charge in [-0.15, -0.1) is 0 Å². The molecule has 18 heavy (non-hydrogen) atoms. The van der Waals surface area contributed by atoms with E-state index in [0.717, 1.165) is 0 Å². The third-order valence-electron chi connectivity index (χ3n) is 3.23. The summed E-state index contributed by atoms with van der Waals surface area (Å²) in [6.07, 6.45) is 4.12. The van der Waals surface area contributed by atoms with Gasteiger partial charge in [0.15, 0.2) is 0 Å². The van der Waals surface area contributed by atoms with Gasteiger partial charge in [0.1, 0.15) is 0 Å². The minimum atomic E-state index is 1.19. The molecule has 1 nitrogen and oxygen atoms in total. The largest absolute Gasteiger partial charge is 0.324 e. The summed E-state index contributed by atoms with van der Waals surface area (Å²) in [4.78, 5) is 0. The normalized spacial score (nSPS) is 10.5. The lowest BCUT2D eigenvalue weighted by Gasteiger charge is -2.07. The van der Waals surface area contributed by atoms with Crippen molar-refractivity contribution in [3.63, 3.8) is 0 Å². The maximum atomic E-state index is 2.18. The highest BCUT2D eigenvalue weighted by atomic mass is 14.9. The zero-order valence-electron chi connectivity index (χ0n) is 10.4. The third kappa shape index (κ3) is 1.95. The van der Waals surface area contributed by atoms with Crippen LogP contribution in [0.3, 0.4) is 0 Å². The van der Waals surface area contributed by atoms with Gasteiger partial charge in [-0.25, -0.2) is 0 Å². The maximum absolute atomic E-state index is 2.18.